The van der Waals surface area contributed by atoms with Gasteiger partial charge < -0.3 is 15.5 Å². The van der Waals surface area contributed by atoms with Crippen LogP contribution in [0.25, 0.3) is 0 Å². The number of piperidine rings is 1. The highest BCUT2D eigenvalue weighted by atomic mass is 16.6. The molecule has 8 heteroatoms. The molecule has 0 aliphatic carbocycles. The van der Waals surface area contributed by atoms with Crippen LogP contribution >= 0.6 is 0 Å². The first-order valence-electron chi connectivity index (χ1n) is 10.1. The second kappa shape index (κ2) is 10.3. The number of hydrogen-bond acceptors (Lipinski definition) is 5. The third-order valence-electron chi connectivity index (χ3n) is 5.01. The Balaban J connectivity index is 1.68. The van der Waals surface area contributed by atoms with Crippen molar-refractivity contribution in [2.24, 2.45) is 4.99 Å². The van der Waals surface area contributed by atoms with Gasteiger partial charge in [-0.3, -0.25) is 10.1 Å². The summed E-state index contributed by atoms with van der Waals surface area (Å²) in [5.41, 5.74) is 2.50. The monoisotopic (exact) mass is 406 g/mol. The molecule has 0 aromatic heterocycles. The van der Waals surface area contributed by atoms with Crippen molar-refractivity contribution in [1.82, 2.24) is 10.6 Å². The Morgan fingerprint density at radius 1 is 1.33 bits per heavy atom. The molecule has 3 rings (SSSR count). The Morgan fingerprint density at radius 2 is 2.17 bits per heavy atom. The first-order valence-corrected chi connectivity index (χ1v) is 10.1. The molecule has 1 fully saturated rings. The van der Waals surface area contributed by atoms with Crippen molar-refractivity contribution < 1.29 is 4.92 Å². The van der Waals surface area contributed by atoms with Gasteiger partial charge in [0.1, 0.15) is 6.07 Å². The maximum absolute atomic E-state index is 11.0. The fourth-order valence-electron chi connectivity index (χ4n) is 3.61. The van der Waals surface area contributed by atoms with Crippen LogP contribution in [-0.2, 0) is 6.54 Å². The lowest BCUT2D eigenvalue weighted by atomic mass is 10.0. The predicted molar refractivity (Wildman–Crippen MR) is 117 cm³/mol. The highest BCUT2D eigenvalue weighted by molar-refractivity contribution is 5.80. The Morgan fingerprint density at radius 3 is 2.93 bits per heavy atom. The van der Waals surface area contributed by atoms with Crippen molar-refractivity contribution in [3.05, 3.63) is 69.8 Å². The summed E-state index contributed by atoms with van der Waals surface area (Å²) >= 11 is 0. The second-order valence-electron chi connectivity index (χ2n) is 7.18. The summed E-state index contributed by atoms with van der Waals surface area (Å²) < 4.78 is 0. The van der Waals surface area contributed by atoms with E-state index in [2.05, 4.69) is 26.6 Å². The molecule has 0 radical (unpaired) electrons. The van der Waals surface area contributed by atoms with Gasteiger partial charge in [-0.25, -0.2) is 4.99 Å². The minimum atomic E-state index is -0.396. The van der Waals surface area contributed by atoms with Gasteiger partial charge in [0, 0.05) is 37.8 Å². The number of benzene rings is 2. The average molecular weight is 406 g/mol. The number of nitro groups is 1. The second-order valence-corrected chi connectivity index (χ2v) is 7.18. The van der Waals surface area contributed by atoms with Crippen molar-refractivity contribution in [2.75, 3.05) is 24.5 Å². The van der Waals surface area contributed by atoms with E-state index in [9.17, 15) is 15.4 Å². The third-order valence-corrected chi connectivity index (χ3v) is 5.01. The Kier molecular flexibility index (Phi) is 7.22. The average Bonchev–Trinajstić information content (AvgIpc) is 2.78. The molecular formula is C22H26N6O2. The number of para-hydroxylation sites is 1. The zero-order chi connectivity index (χ0) is 21.3. The number of nitrogens with one attached hydrogen (secondary N) is 2. The molecule has 0 bridgehead atoms. The maximum Gasteiger partial charge on any atom is 0.269 e. The Hall–Kier alpha value is -3.60. The fraction of sp³-hybridized carbons (Fsp3) is 0.364. The molecule has 2 aromatic carbocycles. The van der Waals surface area contributed by atoms with E-state index >= 15 is 0 Å². The first kappa shape index (κ1) is 21.1. The SMILES string of the molecule is CCNC(=NCc1cccc([N+](=O)[O-])c1)NC1CCCN(c2ccccc2C#N)C1. The molecule has 1 unspecified atom stereocenters. The smallest absolute Gasteiger partial charge is 0.269 e. The number of nitrogens with zero attached hydrogens (tertiary/aromatic N) is 4. The van der Waals surface area contributed by atoms with Crippen LogP contribution in [0.5, 0.6) is 0 Å². The summed E-state index contributed by atoms with van der Waals surface area (Å²) in [5.74, 6) is 0.685. The first-order chi connectivity index (χ1) is 14.6. The normalized spacial score (nSPS) is 16.6. The van der Waals surface area contributed by atoms with Gasteiger partial charge in [0.05, 0.1) is 22.7 Å². The van der Waals surface area contributed by atoms with Gasteiger partial charge in [-0.1, -0.05) is 24.3 Å². The van der Waals surface area contributed by atoms with Gasteiger partial charge in [-0.2, -0.15) is 5.26 Å². The number of rotatable bonds is 6. The molecule has 156 valence electrons. The van der Waals surface area contributed by atoms with Crippen LogP contribution in [-0.4, -0.2) is 36.6 Å². The number of hydrogen-bond donors (Lipinski definition) is 2. The Labute approximate surface area is 176 Å². The fourth-order valence-corrected chi connectivity index (χ4v) is 3.61. The van der Waals surface area contributed by atoms with Crippen LogP contribution in [0.1, 0.15) is 30.9 Å². The van der Waals surface area contributed by atoms with Crippen LogP contribution in [0.2, 0.25) is 0 Å². The molecule has 1 aliphatic heterocycles. The zero-order valence-electron chi connectivity index (χ0n) is 17.0. The van der Waals surface area contributed by atoms with Crippen LogP contribution < -0.4 is 15.5 Å². The van der Waals surface area contributed by atoms with Crippen molar-refractivity contribution in [1.29, 1.82) is 5.26 Å². The third kappa shape index (κ3) is 5.47. The topological polar surface area (TPSA) is 107 Å². The van der Waals surface area contributed by atoms with E-state index in [1.807, 2.05) is 37.3 Å². The molecular weight excluding hydrogens is 380 g/mol. The lowest BCUT2D eigenvalue weighted by Gasteiger charge is -2.35. The van der Waals surface area contributed by atoms with Crippen LogP contribution in [0.4, 0.5) is 11.4 Å². The summed E-state index contributed by atoms with van der Waals surface area (Å²) in [5, 5.41) is 27.1. The maximum atomic E-state index is 11.0. The van der Waals surface area contributed by atoms with Gasteiger partial charge in [0.15, 0.2) is 5.96 Å². The molecule has 1 atom stereocenters. The summed E-state index contributed by atoms with van der Waals surface area (Å²) in [6, 6.07) is 16.7. The molecule has 0 amide bonds. The van der Waals surface area contributed by atoms with Crippen molar-refractivity contribution >= 4 is 17.3 Å². The van der Waals surface area contributed by atoms with E-state index in [0.717, 1.165) is 37.2 Å². The van der Waals surface area contributed by atoms with Gasteiger partial charge in [-0.05, 0) is 37.5 Å². The van der Waals surface area contributed by atoms with Gasteiger partial charge in [0.2, 0.25) is 0 Å². The van der Waals surface area contributed by atoms with E-state index < -0.39 is 4.92 Å². The number of anilines is 1. The summed E-state index contributed by atoms with van der Waals surface area (Å²) in [6.45, 7) is 4.76. The standard InChI is InChI=1S/C22H26N6O2/c1-2-24-22(25-15-17-7-5-10-20(13-17)28(29)30)26-19-9-6-12-27(16-19)21-11-4-3-8-18(21)14-23/h3-5,7-8,10-11,13,19H,2,6,9,12,15-16H2,1H3,(H2,24,25,26). The van der Waals surface area contributed by atoms with E-state index in [4.69, 9.17) is 0 Å². The predicted octanol–water partition coefficient (Wildman–Crippen LogP) is 3.19. The molecule has 8 nitrogen and oxygen atoms in total. The highest BCUT2D eigenvalue weighted by Gasteiger charge is 2.22. The lowest BCUT2D eigenvalue weighted by molar-refractivity contribution is -0.384. The van der Waals surface area contributed by atoms with Gasteiger partial charge in [0.25, 0.3) is 5.69 Å². The number of nitro benzene ring substituents is 1. The molecule has 0 saturated carbocycles. The van der Waals surface area contributed by atoms with Crippen molar-refractivity contribution in [3.8, 4) is 6.07 Å². The molecule has 2 aromatic rings. The van der Waals surface area contributed by atoms with E-state index in [1.54, 1.807) is 12.1 Å². The molecule has 2 N–H and O–H groups in total. The van der Waals surface area contributed by atoms with Crippen LogP contribution in [0, 0.1) is 21.4 Å². The number of nitriles is 1. The minimum absolute atomic E-state index is 0.0692. The summed E-state index contributed by atoms with van der Waals surface area (Å²) in [4.78, 5) is 17.4. The minimum Gasteiger partial charge on any atom is -0.368 e. The van der Waals surface area contributed by atoms with Gasteiger partial charge in [-0.15, -0.1) is 0 Å². The quantitative estimate of drug-likeness (QED) is 0.330. The van der Waals surface area contributed by atoms with E-state index in [0.29, 0.717) is 24.6 Å². The number of guanidine groups is 1. The Bertz CT molecular complexity index is 953. The van der Waals surface area contributed by atoms with E-state index in [1.165, 1.54) is 6.07 Å². The number of aliphatic imine (C=N–C) groups is 1. The van der Waals surface area contributed by atoms with Crippen molar-refractivity contribution in [2.45, 2.75) is 32.4 Å². The highest BCUT2D eigenvalue weighted by Crippen LogP contribution is 2.23. The van der Waals surface area contributed by atoms with Crippen LogP contribution in [0.15, 0.2) is 53.5 Å². The van der Waals surface area contributed by atoms with Crippen LogP contribution in [0.3, 0.4) is 0 Å². The van der Waals surface area contributed by atoms with E-state index in [-0.39, 0.29) is 11.7 Å². The molecule has 30 heavy (non-hydrogen) atoms. The molecule has 1 saturated heterocycles. The largest absolute Gasteiger partial charge is 0.368 e. The molecule has 0 spiro atoms. The van der Waals surface area contributed by atoms with Crippen molar-refractivity contribution in [3.63, 3.8) is 0 Å². The van der Waals surface area contributed by atoms with Gasteiger partial charge >= 0.3 is 0 Å². The lowest BCUT2D eigenvalue weighted by Crippen LogP contribution is -2.51. The zero-order valence-corrected chi connectivity index (χ0v) is 17.0. The summed E-state index contributed by atoms with van der Waals surface area (Å²) in [6.07, 6.45) is 2.02. The molecule has 1 heterocycles. The number of non-ortho nitro benzene ring substituents is 1. The molecule has 1 aliphatic rings. The summed E-state index contributed by atoms with van der Waals surface area (Å²) in [7, 11) is 0.